The lowest BCUT2D eigenvalue weighted by Crippen LogP contribution is -2.34. The normalized spacial score (nSPS) is 10.6. The highest BCUT2D eigenvalue weighted by molar-refractivity contribution is 7.99. The Labute approximate surface area is 164 Å². The molecule has 0 spiro atoms. The van der Waals surface area contributed by atoms with E-state index in [9.17, 15) is 14.0 Å². The van der Waals surface area contributed by atoms with Gasteiger partial charge in [0.05, 0.1) is 5.75 Å². The summed E-state index contributed by atoms with van der Waals surface area (Å²) in [6.07, 6.45) is -0.0193. The van der Waals surface area contributed by atoms with Gasteiger partial charge in [-0.05, 0) is 30.7 Å². The van der Waals surface area contributed by atoms with Crippen LogP contribution in [0.25, 0.3) is 0 Å². The summed E-state index contributed by atoms with van der Waals surface area (Å²) in [5.41, 5.74) is 1.53. The third kappa shape index (κ3) is 4.74. The van der Waals surface area contributed by atoms with Crippen molar-refractivity contribution in [2.45, 2.75) is 18.5 Å². The number of benzene rings is 2. The molecule has 9 heteroatoms. The minimum Gasteiger partial charge on any atom is -0.334 e. The molecule has 0 bridgehead atoms. The van der Waals surface area contributed by atoms with Crippen molar-refractivity contribution >= 4 is 23.4 Å². The van der Waals surface area contributed by atoms with Crippen LogP contribution in [-0.2, 0) is 11.2 Å². The Bertz CT molecular complexity index is 1050. The standard InChI is InChI=1S/C19H18FN5O2S/c1-12-6-8-14(9-7-12)22-17(26)11-28-19-24-23-16(18(27)25(19)21)10-13-4-2-3-5-15(13)20/h2-9H,10-11,21H2,1H3,(H,22,26). The zero-order valence-corrected chi connectivity index (χ0v) is 15.9. The van der Waals surface area contributed by atoms with Crippen LogP contribution in [0.2, 0.25) is 0 Å². The van der Waals surface area contributed by atoms with E-state index in [1.807, 2.05) is 19.1 Å². The summed E-state index contributed by atoms with van der Waals surface area (Å²) in [7, 11) is 0. The highest BCUT2D eigenvalue weighted by atomic mass is 32.2. The van der Waals surface area contributed by atoms with Crippen molar-refractivity contribution in [3.63, 3.8) is 0 Å². The van der Waals surface area contributed by atoms with E-state index in [1.165, 1.54) is 6.07 Å². The van der Waals surface area contributed by atoms with Crippen LogP contribution in [0.3, 0.4) is 0 Å². The number of nitrogen functional groups attached to an aromatic ring is 1. The first-order valence-corrected chi connectivity index (χ1v) is 9.39. The molecule has 0 unspecified atom stereocenters. The summed E-state index contributed by atoms with van der Waals surface area (Å²) < 4.78 is 14.6. The second-order valence-corrected chi connectivity index (χ2v) is 7.02. The van der Waals surface area contributed by atoms with E-state index in [4.69, 9.17) is 5.84 Å². The number of nitrogens with one attached hydrogen (secondary N) is 1. The predicted octanol–water partition coefficient (Wildman–Crippen LogP) is 2.12. The van der Waals surface area contributed by atoms with Crippen LogP contribution in [0.1, 0.15) is 16.8 Å². The van der Waals surface area contributed by atoms with Gasteiger partial charge in [-0.1, -0.05) is 47.7 Å². The second kappa shape index (κ2) is 8.66. The van der Waals surface area contributed by atoms with Gasteiger partial charge in [0.25, 0.3) is 5.56 Å². The van der Waals surface area contributed by atoms with Gasteiger partial charge in [-0.2, -0.15) is 4.68 Å². The van der Waals surface area contributed by atoms with Gasteiger partial charge in [-0.3, -0.25) is 9.59 Å². The van der Waals surface area contributed by atoms with Gasteiger partial charge >= 0.3 is 0 Å². The number of hydrogen-bond acceptors (Lipinski definition) is 6. The monoisotopic (exact) mass is 399 g/mol. The number of amides is 1. The Kier molecular flexibility index (Phi) is 6.05. The van der Waals surface area contributed by atoms with Crippen LogP contribution in [0.15, 0.2) is 58.5 Å². The quantitative estimate of drug-likeness (QED) is 0.486. The van der Waals surface area contributed by atoms with Crippen LogP contribution in [-0.4, -0.2) is 26.5 Å². The SMILES string of the molecule is Cc1ccc(NC(=O)CSc2nnc(Cc3ccccc3F)c(=O)n2N)cc1. The fourth-order valence-electron chi connectivity index (χ4n) is 2.42. The number of nitrogens with zero attached hydrogens (tertiary/aromatic N) is 3. The fourth-order valence-corrected chi connectivity index (χ4v) is 3.07. The fraction of sp³-hybridized carbons (Fsp3) is 0.158. The molecule has 28 heavy (non-hydrogen) atoms. The molecule has 144 valence electrons. The lowest BCUT2D eigenvalue weighted by molar-refractivity contribution is -0.113. The highest BCUT2D eigenvalue weighted by Gasteiger charge is 2.14. The molecule has 0 saturated carbocycles. The van der Waals surface area contributed by atoms with E-state index >= 15 is 0 Å². The smallest absolute Gasteiger partial charge is 0.294 e. The summed E-state index contributed by atoms with van der Waals surface area (Å²) in [5, 5.41) is 10.6. The zero-order chi connectivity index (χ0) is 20.1. The van der Waals surface area contributed by atoms with Crippen LogP contribution < -0.4 is 16.7 Å². The number of carbonyl (C=O) groups is 1. The second-order valence-electron chi connectivity index (χ2n) is 6.08. The number of anilines is 1. The number of aromatic nitrogens is 3. The van der Waals surface area contributed by atoms with E-state index in [1.54, 1.807) is 30.3 Å². The van der Waals surface area contributed by atoms with E-state index in [2.05, 4.69) is 15.5 Å². The molecule has 0 aliphatic rings. The van der Waals surface area contributed by atoms with Gasteiger partial charge in [0.2, 0.25) is 11.1 Å². The first kappa shape index (κ1) is 19.6. The van der Waals surface area contributed by atoms with Crippen LogP contribution in [0.5, 0.6) is 0 Å². The lowest BCUT2D eigenvalue weighted by Gasteiger charge is -2.08. The van der Waals surface area contributed by atoms with Gasteiger partial charge < -0.3 is 11.2 Å². The predicted molar refractivity (Wildman–Crippen MR) is 106 cm³/mol. The summed E-state index contributed by atoms with van der Waals surface area (Å²) in [4.78, 5) is 24.4. The minimum atomic E-state index is -0.584. The molecule has 0 radical (unpaired) electrons. The maximum atomic E-state index is 13.8. The van der Waals surface area contributed by atoms with E-state index in [0.29, 0.717) is 11.3 Å². The molecule has 1 amide bonds. The van der Waals surface area contributed by atoms with Gasteiger partial charge in [-0.25, -0.2) is 4.39 Å². The maximum absolute atomic E-state index is 13.8. The number of thioether (sulfide) groups is 1. The first-order valence-electron chi connectivity index (χ1n) is 8.40. The Morgan fingerprint density at radius 1 is 1.18 bits per heavy atom. The van der Waals surface area contributed by atoms with Crippen molar-refractivity contribution in [1.29, 1.82) is 0 Å². The number of rotatable bonds is 6. The molecule has 0 aliphatic carbocycles. The van der Waals surface area contributed by atoms with Crippen molar-refractivity contribution in [2.75, 3.05) is 16.9 Å². The molecule has 0 aliphatic heterocycles. The molecular weight excluding hydrogens is 381 g/mol. The molecule has 0 atom stereocenters. The van der Waals surface area contributed by atoms with Gasteiger partial charge in [-0.15, -0.1) is 10.2 Å². The first-order chi connectivity index (χ1) is 13.4. The molecule has 3 rings (SSSR count). The van der Waals surface area contributed by atoms with Crippen LogP contribution >= 0.6 is 11.8 Å². The molecule has 2 aromatic carbocycles. The summed E-state index contributed by atoms with van der Waals surface area (Å²) in [5.74, 6) is 5.09. The van der Waals surface area contributed by atoms with Gasteiger partial charge in [0, 0.05) is 12.1 Å². The molecule has 3 aromatic rings. The molecule has 1 aromatic heterocycles. The molecule has 0 saturated heterocycles. The molecule has 3 N–H and O–H groups in total. The average Bonchev–Trinajstić information content (AvgIpc) is 2.68. The third-order valence-corrected chi connectivity index (χ3v) is 4.85. The summed E-state index contributed by atoms with van der Waals surface area (Å²) >= 11 is 0.988. The lowest BCUT2D eigenvalue weighted by atomic mass is 10.1. The Morgan fingerprint density at radius 2 is 1.89 bits per heavy atom. The minimum absolute atomic E-state index is 0.00581. The maximum Gasteiger partial charge on any atom is 0.294 e. The molecular formula is C19H18FN5O2S. The Hall–Kier alpha value is -3.20. The Morgan fingerprint density at radius 3 is 2.61 bits per heavy atom. The van der Waals surface area contributed by atoms with Gasteiger partial charge in [0.1, 0.15) is 11.5 Å². The van der Waals surface area contributed by atoms with Gasteiger partial charge in [0.15, 0.2) is 0 Å². The van der Waals surface area contributed by atoms with E-state index < -0.39 is 11.4 Å². The molecule has 0 fully saturated rings. The van der Waals surface area contributed by atoms with Crippen molar-refractivity contribution in [3.8, 4) is 0 Å². The summed E-state index contributed by atoms with van der Waals surface area (Å²) in [6, 6.07) is 13.5. The van der Waals surface area contributed by atoms with E-state index in [-0.39, 0.29) is 28.9 Å². The summed E-state index contributed by atoms with van der Waals surface area (Å²) in [6.45, 7) is 1.95. The highest BCUT2D eigenvalue weighted by Crippen LogP contribution is 2.15. The average molecular weight is 399 g/mol. The van der Waals surface area contributed by atoms with Crippen molar-refractivity contribution in [3.05, 3.63) is 81.5 Å². The van der Waals surface area contributed by atoms with E-state index in [0.717, 1.165) is 22.0 Å². The zero-order valence-electron chi connectivity index (χ0n) is 15.1. The van der Waals surface area contributed by atoms with Crippen LogP contribution in [0, 0.1) is 12.7 Å². The largest absolute Gasteiger partial charge is 0.334 e. The van der Waals surface area contributed by atoms with Crippen LogP contribution in [0.4, 0.5) is 10.1 Å². The number of aryl methyl sites for hydroxylation is 1. The number of halogens is 1. The molecule has 7 nitrogen and oxygen atoms in total. The number of carbonyl (C=O) groups excluding carboxylic acids is 1. The van der Waals surface area contributed by atoms with Crippen molar-refractivity contribution < 1.29 is 9.18 Å². The number of nitrogens with two attached hydrogens (primary N) is 1. The molecule has 1 heterocycles. The Balaban J connectivity index is 1.65. The van der Waals surface area contributed by atoms with Crippen molar-refractivity contribution in [1.82, 2.24) is 14.9 Å². The third-order valence-electron chi connectivity index (χ3n) is 3.91. The number of hydrogen-bond donors (Lipinski definition) is 2. The topological polar surface area (TPSA) is 103 Å². The van der Waals surface area contributed by atoms with Crippen molar-refractivity contribution in [2.24, 2.45) is 0 Å².